The number of carbonyl (C=O) groups excluding carboxylic acids is 6. The number of ether oxygens (including phenoxy) is 1. The highest BCUT2D eigenvalue weighted by molar-refractivity contribution is 6.45. The molecule has 1 heterocycles. The van der Waals surface area contributed by atoms with E-state index in [0.29, 0.717) is 6.42 Å². The average molecular weight is 639 g/mol. The highest BCUT2D eigenvalue weighted by atomic mass is 16.5. The Labute approximate surface area is 266 Å². The molecule has 45 heavy (non-hydrogen) atoms. The number of nitrogens with one attached hydrogen (secondary N) is 4. The second-order valence-electron chi connectivity index (χ2n) is 11.9. The highest BCUT2D eigenvalue weighted by Gasteiger charge is 2.42. The quantitative estimate of drug-likeness (QED) is 0.0611. The predicted octanol–water partition coefficient (Wildman–Crippen LogP) is -1.60. The van der Waals surface area contributed by atoms with Crippen molar-refractivity contribution < 1.29 is 43.6 Å². The van der Waals surface area contributed by atoms with Crippen LogP contribution in [0.5, 0.6) is 0 Å². The molecule has 0 bridgehead atoms. The van der Waals surface area contributed by atoms with Gasteiger partial charge < -0.3 is 45.8 Å². The van der Waals surface area contributed by atoms with Crippen molar-refractivity contribution in [2.24, 2.45) is 11.8 Å². The minimum Gasteiger partial charge on any atom is -0.460 e. The number of aliphatic hydroxyl groups is 1. The van der Waals surface area contributed by atoms with Crippen LogP contribution < -0.4 is 21.3 Å². The zero-order chi connectivity index (χ0) is 34.4. The molecule has 0 aliphatic carbocycles. The van der Waals surface area contributed by atoms with E-state index in [-0.39, 0.29) is 44.5 Å². The van der Waals surface area contributed by atoms with Crippen LogP contribution in [0.15, 0.2) is 12.7 Å². The van der Waals surface area contributed by atoms with Crippen molar-refractivity contribution in [2.45, 2.75) is 91.5 Å². The smallest absolute Gasteiger partial charge is 0.376 e. The average Bonchev–Trinajstić information content (AvgIpc) is 2.98. The Morgan fingerprint density at radius 3 is 2.13 bits per heavy atom. The van der Waals surface area contributed by atoms with E-state index < -0.39 is 79.4 Å². The van der Waals surface area contributed by atoms with Crippen LogP contribution in [-0.2, 0) is 33.5 Å². The maximum Gasteiger partial charge on any atom is 0.376 e. The molecule has 0 aromatic heterocycles. The Hall–Kier alpha value is -3.50. The van der Waals surface area contributed by atoms with Gasteiger partial charge in [0.25, 0.3) is 5.91 Å². The summed E-state index contributed by atoms with van der Waals surface area (Å²) in [5.41, 5.74) is 0. The van der Waals surface area contributed by atoms with Crippen molar-refractivity contribution in [1.82, 2.24) is 31.0 Å². The lowest BCUT2D eigenvalue weighted by atomic mass is 9.83. The normalized spacial score (nSPS) is 17.8. The number of rotatable bonds is 17. The number of aliphatic hydroxyl groups excluding tert-OH is 1. The molecule has 1 aliphatic heterocycles. The van der Waals surface area contributed by atoms with Crippen LogP contribution in [0.1, 0.15) is 54.4 Å². The van der Waals surface area contributed by atoms with Crippen LogP contribution in [0.2, 0.25) is 6.82 Å². The van der Waals surface area contributed by atoms with Gasteiger partial charge in [-0.05, 0) is 25.1 Å². The van der Waals surface area contributed by atoms with Crippen molar-refractivity contribution in [2.75, 3.05) is 32.8 Å². The summed E-state index contributed by atoms with van der Waals surface area (Å²) >= 11 is 0. The molecule has 254 valence electrons. The molecule has 5 atom stereocenters. The molecule has 0 aromatic rings. The van der Waals surface area contributed by atoms with Gasteiger partial charge in [-0.3, -0.25) is 28.8 Å². The van der Waals surface area contributed by atoms with Gasteiger partial charge in [0.05, 0.1) is 6.04 Å². The van der Waals surface area contributed by atoms with Gasteiger partial charge in [0, 0.05) is 26.6 Å². The first-order valence-corrected chi connectivity index (χ1v) is 15.4. The zero-order valence-electron chi connectivity index (χ0n) is 27.5. The minimum absolute atomic E-state index is 0.0409. The maximum absolute atomic E-state index is 14.0. The van der Waals surface area contributed by atoms with E-state index in [1.807, 2.05) is 0 Å². The van der Waals surface area contributed by atoms with Gasteiger partial charge >= 0.3 is 13.0 Å². The van der Waals surface area contributed by atoms with Crippen molar-refractivity contribution in [3.8, 4) is 0 Å². The van der Waals surface area contributed by atoms with Gasteiger partial charge in [-0.25, -0.2) is 0 Å². The third kappa shape index (κ3) is 12.4. The lowest BCUT2D eigenvalue weighted by molar-refractivity contribution is -0.148. The minimum atomic E-state index is -1.72. The zero-order valence-corrected chi connectivity index (χ0v) is 27.5. The lowest BCUT2D eigenvalue weighted by Gasteiger charge is -2.43. The first kappa shape index (κ1) is 39.5. The van der Waals surface area contributed by atoms with Gasteiger partial charge in [0.15, 0.2) is 6.10 Å². The van der Waals surface area contributed by atoms with Gasteiger partial charge in [-0.15, -0.1) is 0 Å². The molecule has 0 aromatic carbocycles. The number of hydrogen-bond donors (Lipinski definition) is 6. The van der Waals surface area contributed by atoms with Crippen LogP contribution in [0.3, 0.4) is 0 Å². The van der Waals surface area contributed by atoms with E-state index >= 15 is 0 Å². The number of esters is 1. The summed E-state index contributed by atoms with van der Waals surface area (Å²) < 4.78 is 4.81. The van der Waals surface area contributed by atoms with Crippen LogP contribution >= 0.6 is 0 Å². The number of carbonyl (C=O) groups is 6. The third-order valence-corrected chi connectivity index (χ3v) is 7.41. The number of hydrogen-bond acceptors (Lipinski definition) is 10. The Morgan fingerprint density at radius 2 is 1.62 bits per heavy atom. The van der Waals surface area contributed by atoms with Crippen LogP contribution in [0, 0.1) is 11.8 Å². The molecule has 0 saturated carbocycles. The maximum atomic E-state index is 14.0. The van der Waals surface area contributed by atoms with E-state index in [1.165, 1.54) is 24.7 Å². The largest absolute Gasteiger partial charge is 0.460 e. The van der Waals surface area contributed by atoms with Gasteiger partial charge in [0.1, 0.15) is 31.3 Å². The van der Waals surface area contributed by atoms with Gasteiger partial charge in [-0.2, -0.15) is 0 Å². The number of piperazine rings is 1. The molecule has 1 aliphatic rings. The summed E-state index contributed by atoms with van der Waals surface area (Å²) in [6, 6.07) is -4.12. The van der Waals surface area contributed by atoms with Gasteiger partial charge in [0.2, 0.25) is 23.6 Å². The highest BCUT2D eigenvalue weighted by Crippen LogP contribution is 2.17. The molecule has 5 amide bonds. The van der Waals surface area contributed by atoms with Crippen molar-refractivity contribution >= 4 is 42.6 Å². The van der Waals surface area contributed by atoms with Crippen molar-refractivity contribution in [1.29, 1.82) is 0 Å². The Kier molecular flexibility index (Phi) is 16.8. The number of amides is 5. The molecule has 1 rings (SSSR count). The molecule has 3 unspecified atom stereocenters. The third-order valence-electron chi connectivity index (χ3n) is 7.41. The number of nitrogens with zero attached hydrogens (tertiary/aromatic N) is 2. The van der Waals surface area contributed by atoms with E-state index in [4.69, 9.17) is 4.74 Å². The van der Waals surface area contributed by atoms with E-state index in [9.17, 15) is 38.9 Å². The molecule has 0 radical (unpaired) electrons. The standard InChI is InChI=1S/C29H51BN6O9/c1-9-11-20(25(39)28(42)31-15-22(38)45-14-10-2)33-26(40)21-16-35(30(8)44)12-13-36(21)29(43)24(18(5)6)34-27(41)23(17(3)4)32-19(7)37/h10,17-18,20-21,23-25,39,44H,2,9,11-16H2,1,3-8H3,(H,31,42)(H,32,37)(H,33,40)(H,34,41)/t20?,21?,23-,24-,25?/m0/s1. The molecular formula is C29H51BN6O9. The fourth-order valence-corrected chi connectivity index (χ4v) is 4.87. The summed E-state index contributed by atoms with van der Waals surface area (Å²) in [5.74, 6) is -4.41. The summed E-state index contributed by atoms with van der Waals surface area (Å²) in [5, 5.41) is 31.3. The van der Waals surface area contributed by atoms with Gasteiger partial charge in [-0.1, -0.05) is 53.7 Å². The molecule has 0 spiro atoms. The second-order valence-corrected chi connectivity index (χ2v) is 11.9. The first-order valence-electron chi connectivity index (χ1n) is 15.4. The Bertz CT molecular complexity index is 1060. The van der Waals surface area contributed by atoms with E-state index in [0.717, 1.165) is 0 Å². The summed E-state index contributed by atoms with van der Waals surface area (Å²) in [6.45, 7) is 14.8. The van der Waals surface area contributed by atoms with E-state index in [1.54, 1.807) is 39.4 Å². The molecule has 15 nitrogen and oxygen atoms in total. The molecule has 16 heteroatoms. The topological polar surface area (TPSA) is 207 Å². The lowest BCUT2D eigenvalue weighted by Crippen LogP contribution is -2.67. The summed E-state index contributed by atoms with van der Waals surface area (Å²) in [6.07, 6.45) is 0.333. The monoisotopic (exact) mass is 638 g/mol. The van der Waals surface area contributed by atoms with Crippen LogP contribution in [-0.4, -0.2) is 125 Å². The van der Waals surface area contributed by atoms with Crippen LogP contribution in [0.4, 0.5) is 0 Å². The molecule has 1 fully saturated rings. The molecule has 6 N–H and O–H groups in total. The fourth-order valence-electron chi connectivity index (χ4n) is 4.87. The van der Waals surface area contributed by atoms with Crippen molar-refractivity contribution in [3.05, 3.63) is 12.7 Å². The second kappa shape index (κ2) is 19.1. The SMILES string of the molecule is C=CCOC(=O)CNC(=O)C(O)C(CCC)NC(=O)C1CN(B(C)O)CCN1C(=O)[C@@H](NC(=O)[C@@H](NC(C)=O)C(C)C)C(C)C. The van der Waals surface area contributed by atoms with Crippen molar-refractivity contribution in [3.63, 3.8) is 0 Å². The Morgan fingerprint density at radius 1 is 1.00 bits per heavy atom. The molecule has 1 saturated heterocycles. The predicted molar refractivity (Wildman–Crippen MR) is 167 cm³/mol. The fraction of sp³-hybridized carbons (Fsp3) is 0.724. The summed E-state index contributed by atoms with van der Waals surface area (Å²) in [7, 11) is -0.925. The van der Waals surface area contributed by atoms with Crippen LogP contribution in [0.25, 0.3) is 0 Å². The first-order chi connectivity index (χ1) is 21.0. The Balaban J connectivity index is 3.22. The van der Waals surface area contributed by atoms with E-state index in [2.05, 4.69) is 27.8 Å². The molecular weight excluding hydrogens is 587 g/mol. The summed E-state index contributed by atoms with van der Waals surface area (Å²) in [4.78, 5) is 79.9.